The molecule has 1 aromatic heterocycles. The number of H-pyrrole nitrogens is 1. The molecule has 0 saturated heterocycles. The van der Waals surface area contributed by atoms with E-state index in [1.807, 2.05) is 6.07 Å². The van der Waals surface area contributed by atoms with Crippen LogP contribution >= 0.6 is 0 Å². The van der Waals surface area contributed by atoms with Gasteiger partial charge in [-0.05, 0) is 36.5 Å². The second-order valence-corrected chi connectivity index (χ2v) is 7.26. The number of nitriles is 1. The van der Waals surface area contributed by atoms with Gasteiger partial charge in [-0.25, -0.2) is 0 Å². The molecule has 0 spiro atoms. The predicted octanol–water partition coefficient (Wildman–Crippen LogP) is 3.61. The number of nitrogens with one attached hydrogen (secondary N) is 3. The first kappa shape index (κ1) is 20.9. The van der Waals surface area contributed by atoms with E-state index in [4.69, 9.17) is 5.26 Å². The number of benzene rings is 1. The second-order valence-electron chi connectivity index (χ2n) is 7.26. The van der Waals surface area contributed by atoms with Crippen molar-refractivity contribution in [1.29, 1.82) is 5.26 Å². The molecule has 154 valence electrons. The fourth-order valence-corrected chi connectivity index (χ4v) is 3.14. The highest BCUT2D eigenvalue weighted by atomic mass is 19.4. The Balaban J connectivity index is 1.80. The van der Waals surface area contributed by atoms with Crippen LogP contribution in [0.5, 0.6) is 0 Å². The van der Waals surface area contributed by atoms with Gasteiger partial charge < -0.3 is 5.32 Å². The Bertz CT molecular complexity index is 867. The fraction of sp³-hybridized carbons (Fsp3) is 0.450. The molecule has 1 fully saturated rings. The molecule has 1 aromatic carbocycles. The number of hydrogen-bond acceptors (Lipinski definition) is 4. The van der Waals surface area contributed by atoms with Crippen molar-refractivity contribution < 1.29 is 18.0 Å². The van der Waals surface area contributed by atoms with E-state index < -0.39 is 29.7 Å². The number of amides is 1. The van der Waals surface area contributed by atoms with Gasteiger partial charge >= 0.3 is 6.18 Å². The van der Waals surface area contributed by atoms with Gasteiger partial charge in [-0.2, -0.15) is 23.5 Å². The number of halogens is 3. The molecule has 1 amide bonds. The topological polar surface area (TPSA) is 93.6 Å². The minimum atomic E-state index is -4.59. The Kier molecular flexibility index (Phi) is 5.94. The molecule has 2 aromatic rings. The predicted molar refractivity (Wildman–Crippen MR) is 100 cm³/mol. The molecule has 1 aliphatic rings. The number of carbonyl (C=O) groups is 1. The quantitative estimate of drug-likeness (QED) is 0.625. The summed E-state index contributed by atoms with van der Waals surface area (Å²) in [4.78, 5) is 12.5. The molecule has 1 heterocycles. The highest BCUT2D eigenvalue weighted by molar-refractivity contribution is 5.83. The Morgan fingerprint density at radius 2 is 2.00 bits per heavy atom. The lowest BCUT2D eigenvalue weighted by Gasteiger charge is -2.28. The molecule has 0 unspecified atom stereocenters. The third-order valence-electron chi connectivity index (χ3n) is 4.97. The summed E-state index contributed by atoms with van der Waals surface area (Å²) in [6.07, 6.45) is -1.24. The first-order valence-corrected chi connectivity index (χ1v) is 9.44. The van der Waals surface area contributed by atoms with Crippen molar-refractivity contribution >= 4 is 5.91 Å². The molecule has 9 heteroatoms. The summed E-state index contributed by atoms with van der Waals surface area (Å²) in [6.45, 7) is 1.79. The number of nitrogens with zero attached hydrogens (tertiary/aromatic N) is 2. The van der Waals surface area contributed by atoms with Crippen molar-refractivity contribution in [2.75, 3.05) is 0 Å². The van der Waals surface area contributed by atoms with Gasteiger partial charge in [0.15, 0.2) is 0 Å². The van der Waals surface area contributed by atoms with Crippen LogP contribution in [0.25, 0.3) is 11.3 Å². The van der Waals surface area contributed by atoms with Crippen molar-refractivity contribution in [2.24, 2.45) is 0 Å². The number of aromatic nitrogens is 2. The summed E-state index contributed by atoms with van der Waals surface area (Å²) < 4.78 is 41.4. The number of rotatable bonds is 8. The minimum absolute atomic E-state index is 0.0103. The Hall–Kier alpha value is -2.86. The smallest absolute Gasteiger partial charge is 0.336 e. The van der Waals surface area contributed by atoms with E-state index in [2.05, 4.69) is 20.8 Å². The van der Waals surface area contributed by atoms with E-state index >= 15 is 0 Å². The molecule has 0 radical (unpaired) electrons. The lowest BCUT2D eigenvalue weighted by atomic mass is 10.0. The van der Waals surface area contributed by atoms with Gasteiger partial charge in [-0.1, -0.05) is 37.6 Å². The molecule has 3 rings (SSSR count). The van der Waals surface area contributed by atoms with Crippen molar-refractivity contribution in [2.45, 2.75) is 56.4 Å². The molecule has 6 nitrogen and oxygen atoms in total. The van der Waals surface area contributed by atoms with E-state index in [0.29, 0.717) is 30.5 Å². The fourth-order valence-electron chi connectivity index (χ4n) is 3.14. The number of alkyl halides is 3. The molecular formula is C20H22F3N5O. The zero-order valence-electron chi connectivity index (χ0n) is 15.9. The third-order valence-corrected chi connectivity index (χ3v) is 4.97. The average molecular weight is 405 g/mol. The summed E-state index contributed by atoms with van der Waals surface area (Å²) >= 11 is 0. The van der Waals surface area contributed by atoms with Crippen LogP contribution in [0, 0.1) is 11.3 Å². The van der Waals surface area contributed by atoms with E-state index in [0.717, 1.165) is 0 Å². The van der Waals surface area contributed by atoms with Gasteiger partial charge in [-0.3, -0.25) is 15.2 Å². The van der Waals surface area contributed by atoms with Crippen LogP contribution in [0.2, 0.25) is 0 Å². The van der Waals surface area contributed by atoms with Gasteiger partial charge in [0.2, 0.25) is 5.91 Å². The standard InChI is InChI=1S/C20H22F3N5O/c1-2-3-16(18(29)27-19(12-24)9-10-19)26-17(20(21,22)23)14-6-4-13(5-7-14)15-8-11-25-28-15/h4-8,11,16-17,26H,2-3,9-10H2,1H3,(H,25,28)(H,27,29)/t16-,17-/m0/s1. The van der Waals surface area contributed by atoms with Crippen LogP contribution in [-0.4, -0.2) is 33.9 Å². The Labute approximate surface area is 166 Å². The maximum Gasteiger partial charge on any atom is 0.407 e. The molecule has 1 saturated carbocycles. The average Bonchev–Trinajstić information content (AvgIpc) is 3.24. The normalized spacial score (nSPS) is 17.2. The Morgan fingerprint density at radius 1 is 1.31 bits per heavy atom. The monoisotopic (exact) mass is 405 g/mol. The molecule has 0 aliphatic heterocycles. The number of hydrogen-bond donors (Lipinski definition) is 3. The first-order chi connectivity index (χ1) is 13.8. The van der Waals surface area contributed by atoms with Gasteiger partial charge in [0, 0.05) is 6.20 Å². The maximum absolute atomic E-state index is 13.8. The van der Waals surface area contributed by atoms with Gasteiger partial charge in [-0.15, -0.1) is 0 Å². The molecule has 29 heavy (non-hydrogen) atoms. The summed E-state index contributed by atoms with van der Waals surface area (Å²) in [5.74, 6) is -0.575. The third kappa shape index (κ3) is 4.95. The van der Waals surface area contributed by atoms with Gasteiger partial charge in [0.1, 0.15) is 11.6 Å². The van der Waals surface area contributed by atoms with Gasteiger partial charge in [0.25, 0.3) is 0 Å². The molecule has 3 N–H and O–H groups in total. The zero-order chi connectivity index (χ0) is 21.1. The number of carbonyl (C=O) groups excluding carboxylic acids is 1. The number of aromatic amines is 1. The van der Waals surface area contributed by atoms with Crippen LogP contribution in [0.1, 0.15) is 44.2 Å². The Morgan fingerprint density at radius 3 is 2.48 bits per heavy atom. The van der Waals surface area contributed by atoms with Crippen molar-refractivity contribution in [1.82, 2.24) is 20.8 Å². The van der Waals surface area contributed by atoms with E-state index in [-0.39, 0.29) is 12.0 Å². The highest BCUT2D eigenvalue weighted by Gasteiger charge is 2.47. The first-order valence-electron chi connectivity index (χ1n) is 9.44. The zero-order valence-corrected chi connectivity index (χ0v) is 15.9. The van der Waals surface area contributed by atoms with Crippen molar-refractivity contribution in [3.05, 3.63) is 42.1 Å². The van der Waals surface area contributed by atoms with E-state index in [1.165, 1.54) is 12.1 Å². The molecular weight excluding hydrogens is 383 g/mol. The van der Waals surface area contributed by atoms with E-state index in [1.54, 1.807) is 31.3 Å². The lowest BCUT2D eigenvalue weighted by Crippen LogP contribution is -2.51. The second kappa shape index (κ2) is 8.25. The van der Waals surface area contributed by atoms with Crippen molar-refractivity contribution in [3.8, 4) is 17.3 Å². The lowest BCUT2D eigenvalue weighted by molar-refractivity contribution is -0.161. The van der Waals surface area contributed by atoms with Gasteiger partial charge in [0.05, 0.1) is 17.8 Å². The molecule has 1 aliphatic carbocycles. The summed E-state index contributed by atoms with van der Waals surface area (Å²) in [7, 11) is 0. The van der Waals surface area contributed by atoms with Crippen LogP contribution < -0.4 is 10.6 Å². The minimum Gasteiger partial charge on any atom is -0.336 e. The van der Waals surface area contributed by atoms with Crippen LogP contribution in [0.4, 0.5) is 13.2 Å². The van der Waals surface area contributed by atoms with Crippen LogP contribution in [0.3, 0.4) is 0 Å². The van der Waals surface area contributed by atoms with E-state index in [9.17, 15) is 18.0 Å². The SMILES string of the molecule is CCC[C@H](N[C@@H](c1ccc(-c2ccn[nH]2)cc1)C(F)(F)F)C(=O)NC1(C#N)CC1. The summed E-state index contributed by atoms with van der Waals surface area (Å²) in [5, 5.41) is 20.8. The summed E-state index contributed by atoms with van der Waals surface area (Å²) in [5.41, 5.74) is 0.489. The largest absolute Gasteiger partial charge is 0.407 e. The molecule has 0 bridgehead atoms. The highest BCUT2D eigenvalue weighted by Crippen LogP contribution is 2.36. The van der Waals surface area contributed by atoms with Crippen LogP contribution in [0.15, 0.2) is 36.5 Å². The summed E-state index contributed by atoms with van der Waals surface area (Å²) in [6, 6.07) is 6.62. The molecule has 2 atom stereocenters. The maximum atomic E-state index is 13.8. The van der Waals surface area contributed by atoms with Crippen molar-refractivity contribution in [3.63, 3.8) is 0 Å². The van der Waals surface area contributed by atoms with Crippen LogP contribution in [-0.2, 0) is 4.79 Å².